The molecule has 1 N–H and O–H groups in total. The van der Waals surface area contributed by atoms with Crippen molar-refractivity contribution in [2.24, 2.45) is 11.3 Å². The molecule has 0 aliphatic carbocycles. The summed E-state index contributed by atoms with van der Waals surface area (Å²) < 4.78 is 5.69. The molecule has 2 aromatic carbocycles. The van der Waals surface area contributed by atoms with Crippen molar-refractivity contribution in [2.75, 3.05) is 19.0 Å². The third-order valence-corrected chi connectivity index (χ3v) is 5.76. The number of anilines is 1. The van der Waals surface area contributed by atoms with Crippen molar-refractivity contribution < 1.29 is 19.4 Å². The second-order valence-electron chi connectivity index (χ2n) is 7.73. The summed E-state index contributed by atoms with van der Waals surface area (Å²) in [6.07, 6.45) is 6.47. The maximum Gasteiger partial charge on any atom is 0.314 e. The SMILES string of the molecule is CCC(C=Cc1ccc(N(C)C)cc1)(C(=O)O)C(C=O)C1=COc2ccccc2C1. The normalized spacial score (nSPS) is 16.0. The van der Waals surface area contributed by atoms with Crippen molar-refractivity contribution in [3.63, 3.8) is 0 Å². The summed E-state index contributed by atoms with van der Waals surface area (Å²) in [4.78, 5) is 26.6. The summed E-state index contributed by atoms with van der Waals surface area (Å²) in [7, 11) is 3.92. The molecule has 0 saturated carbocycles. The van der Waals surface area contributed by atoms with Crippen molar-refractivity contribution >= 4 is 24.0 Å². The maximum atomic E-state index is 12.4. The number of carbonyl (C=O) groups is 2. The predicted octanol–water partition coefficient (Wildman–Crippen LogP) is 4.58. The quantitative estimate of drug-likeness (QED) is 0.651. The van der Waals surface area contributed by atoms with E-state index in [1.165, 1.54) is 6.26 Å². The van der Waals surface area contributed by atoms with E-state index < -0.39 is 17.3 Å². The predicted molar refractivity (Wildman–Crippen MR) is 119 cm³/mol. The zero-order valence-corrected chi connectivity index (χ0v) is 17.5. The highest BCUT2D eigenvalue weighted by Crippen LogP contribution is 2.41. The van der Waals surface area contributed by atoms with E-state index in [9.17, 15) is 14.7 Å². The van der Waals surface area contributed by atoms with E-state index in [0.29, 0.717) is 12.0 Å². The Balaban J connectivity index is 1.94. The van der Waals surface area contributed by atoms with E-state index in [-0.39, 0.29) is 6.42 Å². The first-order chi connectivity index (χ1) is 14.4. The molecule has 0 bridgehead atoms. The van der Waals surface area contributed by atoms with Crippen LogP contribution in [0.25, 0.3) is 6.08 Å². The van der Waals surface area contributed by atoms with E-state index >= 15 is 0 Å². The van der Waals surface area contributed by atoms with Crippen LogP contribution in [0.1, 0.15) is 24.5 Å². The highest BCUT2D eigenvalue weighted by molar-refractivity contribution is 5.84. The lowest BCUT2D eigenvalue weighted by Crippen LogP contribution is -2.39. The van der Waals surface area contributed by atoms with E-state index in [1.54, 1.807) is 19.1 Å². The highest BCUT2D eigenvalue weighted by atomic mass is 16.5. The van der Waals surface area contributed by atoms with Gasteiger partial charge >= 0.3 is 5.97 Å². The Morgan fingerprint density at radius 3 is 2.50 bits per heavy atom. The topological polar surface area (TPSA) is 66.8 Å². The Morgan fingerprint density at radius 2 is 1.90 bits per heavy atom. The number of benzene rings is 2. The Kier molecular flexibility index (Phi) is 6.40. The van der Waals surface area contributed by atoms with Crippen molar-refractivity contribution in [3.05, 3.63) is 77.6 Å². The van der Waals surface area contributed by atoms with E-state index in [1.807, 2.05) is 67.5 Å². The van der Waals surface area contributed by atoms with Gasteiger partial charge in [-0.1, -0.05) is 49.4 Å². The Labute approximate surface area is 177 Å². The Bertz CT molecular complexity index is 975. The molecule has 0 fully saturated rings. The van der Waals surface area contributed by atoms with Crippen LogP contribution in [0.5, 0.6) is 5.75 Å². The Hall–Kier alpha value is -3.34. The molecule has 3 rings (SSSR count). The molecule has 5 heteroatoms. The van der Waals surface area contributed by atoms with Crippen LogP contribution in [0, 0.1) is 11.3 Å². The molecular formula is C25H27NO4. The number of carbonyl (C=O) groups excluding carboxylic acids is 1. The van der Waals surface area contributed by atoms with Gasteiger partial charge in [0.2, 0.25) is 0 Å². The molecular weight excluding hydrogens is 378 g/mol. The standard InChI is InChI=1S/C25H27NO4/c1-4-25(24(28)29,14-13-18-9-11-21(12-10-18)26(2)3)22(16-27)20-15-19-7-5-6-8-23(19)30-17-20/h5-14,16-17,22H,4,15H2,1-3H3,(H,28,29). The number of fused-ring (bicyclic) bond motifs is 1. The lowest BCUT2D eigenvalue weighted by atomic mass is 9.69. The zero-order chi connectivity index (χ0) is 21.7. The second kappa shape index (κ2) is 8.99. The molecule has 0 saturated heterocycles. The van der Waals surface area contributed by atoms with Gasteiger partial charge in [0, 0.05) is 26.2 Å². The number of carboxylic acids is 1. The summed E-state index contributed by atoms with van der Waals surface area (Å²) >= 11 is 0. The average molecular weight is 405 g/mol. The van der Waals surface area contributed by atoms with Gasteiger partial charge in [0.1, 0.15) is 12.0 Å². The number of ether oxygens (including phenoxy) is 1. The molecule has 0 spiro atoms. The van der Waals surface area contributed by atoms with E-state index in [2.05, 4.69) is 0 Å². The molecule has 1 heterocycles. The fourth-order valence-corrected chi connectivity index (χ4v) is 3.81. The van der Waals surface area contributed by atoms with Crippen molar-refractivity contribution in [1.82, 2.24) is 0 Å². The number of aldehydes is 1. The average Bonchev–Trinajstić information content (AvgIpc) is 2.76. The van der Waals surface area contributed by atoms with Gasteiger partial charge in [0.05, 0.1) is 17.6 Å². The van der Waals surface area contributed by atoms with E-state index in [0.717, 1.165) is 28.8 Å². The van der Waals surface area contributed by atoms with Gasteiger partial charge in [-0.2, -0.15) is 0 Å². The molecule has 30 heavy (non-hydrogen) atoms. The van der Waals surface area contributed by atoms with Crippen LogP contribution in [0.2, 0.25) is 0 Å². The van der Waals surface area contributed by atoms with Gasteiger partial charge in [-0.25, -0.2) is 0 Å². The van der Waals surface area contributed by atoms with Gasteiger partial charge < -0.3 is 19.5 Å². The minimum Gasteiger partial charge on any atom is -0.481 e. The summed E-state index contributed by atoms with van der Waals surface area (Å²) in [5.74, 6) is -1.12. The number of para-hydroxylation sites is 1. The monoisotopic (exact) mass is 405 g/mol. The number of hydrogen-bond acceptors (Lipinski definition) is 4. The lowest BCUT2D eigenvalue weighted by molar-refractivity contribution is -0.149. The third kappa shape index (κ3) is 4.15. The van der Waals surface area contributed by atoms with Gasteiger partial charge in [-0.15, -0.1) is 0 Å². The molecule has 1 aliphatic heterocycles. The van der Waals surface area contributed by atoms with Crippen LogP contribution < -0.4 is 9.64 Å². The van der Waals surface area contributed by atoms with Crippen LogP contribution >= 0.6 is 0 Å². The van der Waals surface area contributed by atoms with Crippen LogP contribution in [-0.4, -0.2) is 31.5 Å². The van der Waals surface area contributed by atoms with Crippen molar-refractivity contribution in [1.29, 1.82) is 0 Å². The van der Waals surface area contributed by atoms with Crippen molar-refractivity contribution in [2.45, 2.75) is 19.8 Å². The van der Waals surface area contributed by atoms with Crippen LogP contribution in [-0.2, 0) is 16.0 Å². The minimum absolute atomic E-state index is 0.275. The Morgan fingerprint density at radius 1 is 1.20 bits per heavy atom. The molecule has 0 amide bonds. The minimum atomic E-state index is -1.36. The highest BCUT2D eigenvalue weighted by Gasteiger charge is 2.44. The molecule has 2 aromatic rings. The molecule has 2 unspecified atom stereocenters. The third-order valence-electron chi connectivity index (χ3n) is 5.76. The summed E-state index contributed by atoms with van der Waals surface area (Å²) in [6.45, 7) is 1.79. The first-order valence-electron chi connectivity index (χ1n) is 10.00. The molecule has 2 atom stereocenters. The molecule has 1 aliphatic rings. The second-order valence-corrected chi connectivity index (χ2v) is 7.73. The maximum absolute atomic E-state index is 12.4. The van der Waals surface area contributed by atoms with Crippen LogP contribution in [0.15, 0.2) is 66.4 Å². The van der Waals surface area contributed by atoms with Gasteiger partial charge in [-0.05, 0) is 41.3 Å². The molecule has 0 aromatic heterocycles. The largest absolute Gasteiger partial charge is 0.481 e. The van der Waals surface area contributed by atoms with Crippen molar-refractivity contribution in [3.8, 4) is 5.75 Å². The van der Waals surface area contributed by atoms with Crippen LogP contribution in [0.3, 0.4) is 0 Å². The molecule has 5 nitrogen and oxygen atoms in total. The van der Waals surface area contributed by atoms with Gasteiger partial charge in [0.25, 0.3) is 0 Å². The van der Waals surface area contributed by atoms with Gasteiger partial charge in [-0.3, -0.25) is 4.79 Å². The van der Waals surface area contributed by atoms with Crippen LogP contribution in [0.4, 0.5) is 5.69 Å². The fraction of sp³-hybridized carbons (Fsp3) is 0.280. The lowest BCUT2D eigenvalue weighted by Gasteiger charge is -2.33. The fourth-order valence-electron chi connectivity index (χ4n) is 3.81. The number of aliphatic carboxylic acids is 1. The van der Waals surface area contributed by atoms with E-state index in [4.69, 9.17) is 4.74 Å². The zero-order valence-electron chi connectivity index (χ0n) is 17.5. The smallest absolute Gasteiger partial charge is 0.314 e. The number of allylic oxidation sites excluding steroid dienone is 1. The first-order valence-corrected chi connectivity index (χ1v) is 10.00. The summed E-state index contributed by atoms with van der Waals surface area (Å²) in [6, 6.07) is 15.4. The number of carboxylic acid groups (broad SMARTS) is 1. The first kappa shape index (κ1) is 21.4. The number of nitrogens with zero attached hydrogens (tertiary/aromatic N) is 1. The number of rotatable bonds is 8. The summed E-state index contributed by atoms with van der Waals surface area (Å²) in [5, 5.41) is 10.2. The molecule has 0 radical (unpaired) electrons. The van der Waals surface area contributed by atoms with Gasteiger partial charge in [0.15, 0.2) is 0 Å². The molecule has 156 valence electrons. The summed E-state index contributed by atoms with van der Waals surface area (Å²) in [5.41, 5.74) is 2.19. The number of hydrogen-bond donors (Lipinski definition) is 1.